The Hall–Kier alpha value is -1.65. The smallest absolute Gasteiger partial charge is 0.318 e. The number of ether oxygens (including phenoxy) is 3. The van der Waals surface area contributed by atoms with E-state index in [0.29, 0.717) is 23.7 Å². The molecule has 0 spiro atoms. The average Bonchev–Trinajstić information content (AvgIpc) is 2.32. The van der Waals surface area contributed by atoms with Crippen molar-refractivity contribution in [3.63, 3.8) is 0 Å². The molecule has 0 rings (SSSR count). The summed E-state index contributed by atoms with van der Waals surface area (Å²) in [6.45, 7) is 1.70. The molecule has 0 fully saturated rings. The van der Waals surface area contributed by atoms with Crippen LogP contribution in [0.15, 0.2) is 23.4 Å². The summed E-state index contributed by atoms with van der Waals surface area (Å²) in [4.78, 5) is 10.8. The summed E-state index contributed by atoms with van der Waals surface area (Å²) in [5.74, 6) is 0.644. The molecule has 0 unspecified atom stereocenters. The number of unbranched alkanes of at least 4 members (excludes halogenated alkanes) is 1. The van der Waals surface area contributed by atoms with Gasteiger partial charge in [0.05, 0.1) is 21.3 Å². The molecule has 0 saturated carbocycles. The van der Waals surface area contributed by atoms with Gasteiger partial charge in [0.1, 0.15) is 0 Å². The van der Waals surface area contributed by atoms with E-state index in [-0.39, 0.29) is 5.91 Å². The van der Waals surface area contributed by atoms with Gasteiger partial charge in [0.25, 0.3) is 0 Å². The minimum atomic E-state index is -0.387. The number of carbonyl (C=O) groups is 1. The first-order valence-corrected chi connectivity index (χ1v) is 5.38. The van der Waals surface area contributed by atoms with Crippen molar-refractivity contribution < 1.29 is 19.0 Å². The molecular weight excluding hydrogens is 222 g/mol. The van der Waals surface area contributed by atoms with Gasteiger partial charge in [-0.25, -0.2) is 0 Å². The molecule has 0 aliphatic rings. The Morgan fingerprint density at radius 1 is 1.18 bits per heavy atom. The number of hydrogen-bond acceptors (Lipinski definition) is 4. The van der Waals surface area contributed by atoms with Crippen LogP contribution < -0.4 is 5.73 Å². The Balaban J connectivity index is 4.23. The summed E-state index contributed by atoms with van der Waals surface area (Å²) in [5, 5.41) is 0. The van der Waals surface area contributed by atoms with Gasteiger partial charge >= 0.3 is 5.95 Å². The lowest BCUT2D eigenvalue weighted by molar-refractivity contribution is -0.114. The van der Waals surface area contributed by atoms with Crippen LogP contribution in [0.5, 0.6) is 0 Å². The quantitative estimate of drug-likeness (QED) is 0.400. The summed E-state index contributed by atoms with van der Waals surface area (Å²) in [7, 11) is 4.61. The van der Waals surface area contributed by atoms with Gasteiger partial charge in [-0.2, -0.15) is 0 Å². The zero-order chi connectivity index (χ0) is 13.3. The summed E-state index contributed by atoms with van der Waals surface area (Å²) < 4.78 is 15.2. The summed E-state index contributed by atoms with van der Waals surface area (Å²) in [6, 6.07) is 0. The summed E-state index contributed by atoms with van der Waals surface area (Å²) in [6.07, 6.45) is 4.07. The van der Waals surface area contributed by atoms with Gasteiger partial charge < -0.3 is 19.9 Å². The molecule has 5 nitrogen and oxygen atoms in total. The van der Waals surface area contributed by atoms with Crippen LogP contribution in [0.2, 0.25) is 0 Å². The van der Waals surface area contributed by atoms with Crippen molar-refractivity contribution >= 4 is 5.91 Å². The third-order valence-corrected chi connectivity index (χ3v) is 2.29. The fourth-order valence-corrected chi connectivity index (χ4v) is 1.28. The third-order valence-electron chi connectivity index (χ3n) is 2.29. The molecule has 0 aliphatic heterocycles. The highest BCUT2D eigenvalue weighted by Crippen LogP contribution is 2.15. The van der Waals surface area contributed by atoms with Crippen LogP contribution in [0, 0.1) is 0 Å². The predicted molar refractivity (Wildman–Crippen MR) is 64.9 cm³/mol. The lowest BCUT2D eigenvalue weighted by Gasteiger charge is -2.10. The number of rotatable bonds is 8. The average molecular weight is 243 g/mol. The van der Waals surface area contributed by atoms with Crippen molar-refractivity contribution in [2.45, 2.75) is 26.2 Å². The summed E-state index contributed by atoms with van der Waals surface area (Å²) >= 11 is 0. The molecule has 0 bridgehead atoms. The molecule has 0 aromatic carbocycles. The van der Waals surface area contributed by atoms with Crippen molar-refractivity contribution in [2.24, 2.45) is 5.73 Å². The third kappa shape index (κ3) is 5.85. The SMILES string of the molecule is COC(CCC/C=C(\C)C(N)=O)=C(OC)OC. The van der Waals surface area contributed by atoms with Gasteiger partial charge in [-0.05, 0) is 19.8 Å². The van der Waals surface area contributed by atoms with E-state index in [0.717, 1.165) is 12.8 Å². The van der Waals surface area contributed by atoms with Gasteiger partial charge in [0.15, 0.2) is 5.76 Å². The lowest BCUT2D eigenvalue weighted by atomic mass is 10.1. The Labute approximate surface area is 102 Å². The Morgan fingerprint density at radius 2 is 1.76 bits per heavy atom. The molecular formula is C12H21NO4. The predicted octanol–water partition coefficient (Wildman–Crippen LogP) is 1.70. The fraction of sp³-hybridized carbons (Fsp3) is 0.583. The highest BCUT2D eigenvalue weighted by molar-refractivity contribution is 5.91. The van der Waals surface area contributed by atoms with Crippen LogP contribution in [0.3, 0.4) is 0 Å². The molecule has 5 heteroatoms. The number of nitrogens with two attached hydrogens (primary N) is 1. The highest BCUT2D eigenvalue weighted by Gasteiger charge is 2.07. The van der Waals surface area contributed by atoms with Gasteiger partial charge in [0, 0.05) is 12.0 Å². The minimum absolute atomic E-state index is 0.378. The van der Waals surface area contributed by atoms with Crippen molar-refractivity contribution in [3.05, 3.63) is 23.4 Å². The van der Waals surface area contributed by atoms with E-state index in [1.165, 1.54) is 14.2 Å². The topological polar surface area (TPSA) is 70.8 Å². The van der Waals surface area contributed by atoms with Crippen LogP contribution >= 0.6 is 0 Å². The van der Waals surface area contributed by atoms with Crippen molar-refractivity contribution in [1.29, 1.82) is 0 Å². The monoisotopic (exact) mass is 243 g/mol. The number of methoxy groups -OCH3 is 3. The first-order valence-electron chi connectivity index (χ1n) is 5.38. The molecule has 0 radical (unpaired) electrons. The van der Waals surface area contributed by atoms with Crippen molar-refractivity contribution in [3.8, 4) is 0 Å². The van der Waals surface area contributed by atoms with Crippen molar-refractivity contribution in [1.82, 2.24) is 0 Å². The lowest BCUT2D eigenvalue weighted by Crippen LogP contribution is -2.11. The molecule has 0 aromatic heterocycles. The molecule has 0 aromatic rings. The number of allylic oxidation sites excluding steroid dienone is 2. The van der Waals surface area contributed by atoms with E-state index in [9.17, 15) is 4.79 Å². The maximum Gasteiger partial charge on any atom is 0.318 e. The molecule has 1 amide bonds. The molecule has 17 heavy (non-hydrogen) atoms. The standard InChI is InChI=1S/C12H21NO4/c1-9(11(13)14)7-5-6-8-10(15-2)12(16-3)17-4/h7H,5-6,8H2,1-4H3,(H2,13,14)/b9-7+. The van der Waals surface area contributed by atoms with Gasteiger partial charge in [-0.15, -0.1) is 0 Å². The second kappa shape index (κ2) is 8.50. The Bertz CT molecular complexity index is 302. The zero-order valence-electron chi connectivity index (χ0n) is 10.9. The minimum Gasteiger partial charge on any atom is -0.494 e. The molecule has 2 N–H and O–H groups in total. The maximum atomic E-state index is 10.8. The number of carbonyl (C=O) groups excluding carboxylic acids is 1. The fourth-order valence-electron chi connectivity index (χ4n) is 1.28. The van der Waals surface area contributed by atoms with Crippen molar-refractivity contribution in [2.75, 3.05) is 21.3 Å². The van der Waals surface area contributed by atoms with E-state index in [1.807, 2.05) is 6.08 Å². The van der Waals surface area contributed by atoms with Crippen LogP contribution in [-0.4, -0.2) is 27.2 Å². The normalized spacial score (nSPS) is 10.7. The number of primary amides is 1. The van der Waals surface area contributed by atoms with Crippen LogP contribution in [-0.2, 0) is 19.0 Å². The first-order chi connectivity index (χ1) is 8.06. The molecule has 0 atom stereocenters. The Morgan fingerprint density at radius 3 is 2.18 bits per heavy atom. The van der Waals surface area contributed by atoms with Crippen LogP contribution in [0.1, 0.15) is 26.2 Å². The first kappa shape index (κ1) is 15.3. The second-order valence-corrected chi connectivity index (χ2v) is 3.47. The molecule has 0 aliphatic carbocycles. The number of hydrogen-bond donors (Lipinski definition) is 1. The maximum absolute atomic E-state index is 10.8. The van der Waals surface area contributed by atoms with E-state index < -0.39 is 0 Å². The molecule has 0 heterocycles. The number of amides is 1. The zero-order valence-corrected chi connectivity index (χ0v) is 10.9. The van der Waals surface area contributed by atoms with E-state index in [4.69, 9.17) is 19.9 Å². The molecule has 98 valence electrons. The molecule has 0 saturated heterocycles. The van der Waals surface area contributed by atoms with Gasteiger partial charge in [-0.1, -0.05) is 6.08 Å². The van der Waals surface area contributed by atoms with Crippen LogP contribution in [0.4, 0.5) is 0 Å². The second-order valence-electron chi connectivity index (χ2n) is 3.47. The summed E-state index contributed by atoms with van der Waals surface area (Å²) in [5.41, 5.74) is 5.69. The van der Waals surface area contributed by atoms with E-state index in [2.05, 4.69) is 0 Å². The van der Waals surface area contributed by atoms with Crippen LogP contribution in [0.25, 0.3) is 0 Å². The van der Waals surface area contributed by atoms with Gasteiger partial charge in [-0.3, -0.25) is 4.79 Å². The van der Waals surface area contributed by atoms with Gasteiger partial charge in [0.2, 0.25) is 5.91 Å². The largest absolute Gasteiger partial charge is 0.494 e. The Kier molecular flexibility index (Phi) is 7.67. The van der Waals surface area contributed by atoms with E-state index in [1.54, 1.807) is 14.0 Å². The highest BCUT2D eigenvalue weighted by atomic mass is 16.7. The van der Waals surface area contributed by atoms with E-state index >= 15 is 0 Å².